The Hall–Kier alpha value is -0.850. The van der Waals surface area contributed by atoms with E-state index in [9.17, 15) is 4.79 Å². The van der Waals surface area contributed by atoms with Gasteiger partial charge in [-0.2, -0.15) is 0 Å². The maximum Gasteiger partial charge on any atom is 0.273 e. The fraction of sp³-hybridized carbons (Fsp3) is 0.474. The molecule has 1 aliphatic carbocycles. The van der Waals surface area contributed by atoms with Crippen molar-refractivity contribution in [2.24, 2.45) is 5.92 Å². The number of nitrogens with one attached hydrogen (secondary N) is 1. The van der Waals surface area contributed by atoms with Crippen LogP contribution in [0.4, 0.5) is 0 Å². The maximum absolute atomic E-state index is 12.7. The van der Waals surface area contributed by atoms with E-state index in [1.807, 2.05) is 34.5 Å². The molecule has 2 heterocycles. The lowest BCUT2D eigenvalue weighted by molar-refractivity contribution is 0.0700. The summed E-state index contributed by atoms with van der Waals surface area (Å²) in [6, 6.07) is 8.15. The molecule has 2 fully saturated rings. The van der Waals surface area contributed by atoms with Crippen LogP contribution in [-0.2, 0) is 0 Å². The number of aromatic nitrogens is 1. The Bertz CT molecular complexity index is 758. The molecule has 1 N–H and O–H groups in total. The van der Waals surface area contributed by atoms with Crippen LogP contribution >= 0.6 is 47.8 Å². The summed E-state index contributed by atoms with van der Waals surface area (Å²) in [6.45, 7) is 2.77. The molecular formula is C19H24Cl3N3OS. The fourth-order valence-corrected chi connectivity index (χ4v) is 4.21. The summed E-state index contributed by atoms with van der Waals surface area (Å²) >= 11 is 7.54. The van der Waals surface area contributed by atoms with Crippen molar-refractivity contribution in [2.75, 3.05) is 19.6 Å². The number of benzene rings is 1. The highest BCUT2D eigenvalue weighted by Gasteiger charge is 2.27. The molecule has 4 rings (SSSR count). The molecule has 2 aromatic rings. The number of hydrogen-bond acceptors (Lipinski definition) is 4. The van der Waals surface area contributed by atoms with E-state index >= 15 is 0 Å². The van der Waals surface area contributed by atoms with Gasteiger partial charge in [0.2, 0.25) is 0 Å². The van der Waals surface area contributed by atoms with Gasteiger partial charge in [-0.1, -0.05) is 23.7 Å². The van der Waals surface area contributed by atoms with Crippen LogP contribution in [0.5, 0.6) is 0 Å². The topological polar surface area (TPSA) is 45.2 Å². The zero-order chi connectivity index (χ0) is 17.2. The Morgan fingerprint density at radius 2 is 1.96 bits per heavy atom. The number of hydrogen-bond donors (Lipinski definition) is 1. The molecule has 1 aromatic carbocycles. The molecule has 1 amide bonds. The normalized spacial score (nSPS) is 17.1. The number of rotatable bonds is 5. The molecule has 0 atom stereocenters. The second-order valence-electron chi connectivity index (χ2n) is 6.97. The minimum atomic E-state index is 0. The van der Waals surface area contributed by atoms with Crippen LogP contribution in [0.15, 0.2) is 29.6 Å². The highest BCUT2D eigenvalue weighted by atomic mass is 35.5. The van der Waals surface area contributed by atoms with Crippen LogP contribution in [0.2, 0.25) is 5.02 Å². The molecule has 0 radical (unpaired) electrons. The molecule has 1 aliphatic heterocycles. The third-order valence-corrected chi connectivity index (χ3v) is 6.10. The van der Waals surface area contributed by atoms with Gasteiger partial charge in [-0.25, -0.2) is 4.98 Å². The van der Waals surface area contributed by atoms with Gasteiger partial charge < -0.3 is 10.2 Å². The molecule has 1 aromatic heterocycles. The lowest BCUT2D eigenvalue weighted by Gasteiger charge is -2.32. The molecule has 1 saturated heterocycles. The number of piperidine rings is 1. The molecular weight excluding hydrogens is 425 g/mol. The molecule has 148 valence electrons. The number of carbonyl (C=O) groups excluding carboxylic acids is 1. The fourth-order valence-electron chi connectivity index (χ4n) is 3.23. The Kier molecular flexibility index (Phi) is 8.38. The van der Waals surface area contributed by atoms with E-state index in [-0.39, 0.29) is 30.7 Å². The van der Waals surface area contributed by atoms with Gasteiger partial charge in [0.05, 0.1) is 0 Å². The molecule has 0 unspecified atom stereocenters. The van der Waals surface area contributed by atoms with Crippen LogP contribution in [0, 0.1) is 5.92 Å². The minimum Gasteiger partial charge on any atom is -0.337 e. The first-order valence-electron chi connectivity index (χ1n) is 8.93. The van der Waals surface area contributed by atoms with E-state index in [1.54, 1.807) is 0 Å². The Labute approximate surface area is 181 Å². The number of carbonyl (C=O) groups is 1. The highest BCUT2D eigenvalue weighted by Crippen LogP contribution is 2.29. The molecule has 4 nitrogen and oxygen atoms in total. The van der Waals surface area contributed by atoms with E-state index in [1.165, 1.54) is 24.2 Å². The summed E-state index contributed by atoms with van der Waals surface area (Å²) < 4.78 is 0. The number of likely N-dealkylation sites (tertiary alicyclic amines) is 1. The predicted molar refractivity (Wildman–Crippen MR) is 117 cm³/mol. The number of amides is 1. The van der Waals surface area contributed by atoms with Gasteiger partial charge in [0.25, 0.3) is 5.91 Å². The van der Waals surface area contributed by atoms with Crippen LogP contribution in [0.3, 0.4) is 0 Å². The van der Waals surface area contributed by atoms with Crippen molar-refractivity contribution in [2.45, 2.75) is 31.7 Å². The Balaban J connectivity index is 0.00000131. The van der Waals surface area contributed by atoms with E-state index in [0.29, 0.717) is 16.8 Å². The summed E-state index contributed by atoms with van der Waals surface area (Å²) in [5.41, 5.74) is 1.50. The Morgan fingerprint density at radius 3 is 2.63 bits per heavy atom. The molecule has 8 heteroatoms. The van der Waals surface area contributed by atoms with Gasteiger partial charge in [0, 0.05) is 35.1 Å². The van der Waals surface area contributed by atoms with Crippen molar-refractivity contribution >= 4 is 53.7 Å². The highest BCUT2D eigenvalue weighted by molar-refractivity contribution is 7.13. The van der Waals surface area contributed by atoms with Crippen molar-refractivity contribution in [1.29, 1.82) is 0 Å². The second kappa shape index (κ2) is 10.1. The van der Waals surface area contributed by atoms with E-state index in [2.05, 4.69) is 10.3 Å². The van der Waals surface area contributed by atoms with Gasteiger partial charge in [-0.05, 0) is 50.3 Å². The van der Waals surface area contributed by atoms with Gasteiger partial charge >= 0.3 is 0 Å². The molecule has 0 spiro atoms. The summed E-state index contributed by atoms with van der Waals surface area (Å²) in [6.07, 6.45) is 4.82. The molecule has 27 heavy (non-hydrogen) atoms. The second-order valence-corrected chi connectivity index (χ2v) is 8.26. The van der Waals surface area contributed by atoms with E-state index < -0.39 is 0 Å². The SMILES string of the molecule is Cl.Cl.O=C(c1csc(-c2cccc(Cl)c2)n1)N1CCC(NCC2CC2)CC1. The molecule has 2 aliphatic rings. The number of nitrogens with zero attached hydrogens (tertiary/aromatic N) is 2. The van der Waals surface area contributed by atoms with Crippen LogP contribution < -0.4 is 5.32 Å². The van der Waals surface area contributed by atoms with Crippen molar-refractivity contribution < 1.29 is 4.79 Å². The maximum atomic E-state index is 12.7. The van der Waals surface area contributed by atoms with Crippen LogP contribution in [0.25, 0.3) is 10.6 Å². The molecule has 0 bridgehead atoms. The zero-order valence-corrected chi connectivity index (χ0v) is 18.1. The summed E-state index contributed by atoms with van der Waals surface area (Å²) in [7, 11) is 0. The van der Waals surface area contributed by atoms with Gasteiger partial charge in [-0.3, -0.25) is 4.79 Å². The summed E-state index contributed by atoms with van der Waals surface area (Å²) in [5.74, 6) is 0.949. The first kappa shape index (κ1) is 22.4. The predicted octanol–water partition coefficient (Wildman–Crippen LogP) is 4.91. The van der Waals surface area contributed by atoms with Gasteiger partial charge in [-0.15, -0.1) is 36.2 Å². The first-order chi connectivity index (χ1) is 12.2. The standard InChI is InChI=1S/C19H22ClN3OS.2ClH/c20-15-3-1-2-14(10-15)18-22-17(12-25-18)19(24)23-8-6-16(7-9-23)21-11-13-4-5-13;;/h1-3,10,12-13,16,21H,4-9,11H2;2*1H. The van der Waals surface area contributed by atoms with E-state index in [4.69, 9.17) is 11.6 Å². The average molecular weight is 449 g/mol. The van der Waals surface area contributed by atoms with Crippen LogP contribution in [0.1, 0.15) is 36.2 Å². The largest absolute Gasteiger partial charge is 0.337 e. The summed E-state index contributed by atoms with van der Waals surface area (Å²) in [5, 5.41) is 7.03. The molecule has 1 saturated carbocycles. The quantitative estimate of drug-likeness (QED) is 0.707. The van der Waals surface area contributed by atoms with Crippen molar-refractivity contribution in [1.82, 2.24) is 15.2 Å². The smallest absolute Gasteiger partial charge is 0.273 e. The number of halogens is 3. The zero-order valence-electron chi connectivity index (χ0n) is 14.9. The van der Waals surface area contributed by atoms with Crippen molar-refractivity contribution in [3.63, 3.8) is 0 Å². The van der Waals surface area contributed by atoms with Crippen LogP contribution in [-0.4, -0.2) is 41.5 Å². The van der Waals surface area contributed by atoms with Gasteiger partial charge in [0.15, 0.2) is 0 Å². The van der Waals surface area contributed by atoms with E-state index in [0.717, 1.165) is 49.0 Å². The first-order valence-corrected chi connectivity index (χ1v) is 10.2. The average Bonchev–Trinajstić information content (AvgIpc) is 3.33. The third kappa shape index (κ3) is 5.81. The monoisotopic (exact) mass is 447 g/mol. The Morgan fingerprint density at radius 1 is 1.22 bits per heavy atom. The minimum absolute atomic E-state index is 0. The lowest BCUT2D eigenvalue weighted by atomic mass is 10.0. The lowest BCUT2D eigenvalue weighted by Crippen LogP contribution is -2.45. The summed E-state index contributed by atoms with van der Waals surface area (Å²) in [4.78, 5) is 19.2. The van der Waals surface area contributed by atoms with Crippen molar-refractivity contribution in [3.05, 3.63) is 40.4 Å². The van der Waals surface area contributed by atoms with Gasteiger partial charge in [0.1, 0.15) is 10.7 Å². The third-order valence-electron chi connectivity index (χ3n) is 4.97. The number of thiazole rings is 1. The van der Waals surface area contributed by atoms with Crippen molar-refractivity contribution in [3.8, 4) is 10.6 Å².